The van der Waals surface area contributed by atoms with Crippen molar-refractivity contribution in [2.75, 3.05) is 26.2 Å². The van der Waals surface area contributed by atoms with Crippen molar-refractivity contribution in [2.24, 2.45) is 0 Å². The fourth-order valence-electron chi connectivity index (χ4n) is 2.73. The van der Waals surface area contributed by atoms with Gasteiger partial charge in [0.2, 0.25) is 5.91 Å². The number of aromatic nitrogens is 1. The number of hydrogen-bond donors (Lipinski definition) is 1. The molecule has 0 radical (unpaired) electrons. The van der Waals surface area contributed by atoms with E-state index in [1.54, 1.807) is 34.2 Å². The van der Waals surface area contributed by atoms with E-state index in [1.807, 2.05) is 18.2 Å². The summed E-state index contributed by atoms with van der Waals surface area (Å²) in [6.45, 7) is 2.23. The van der Waals surface area contributed by atoms with E-state index in [-0.39, 0.29) is 11.8 Å². The molecule has 0 bridgehead atoms. The van der Waals surface area contributed by atoms with E-state index in [0.29, 0.717) is 43.3 Å². The van der Waals surface area contributed by atoms with Gasteiger partial charge in [0, 0.05) is 37.4 Å². The predicted octanol–water partition coefficient (Wildman–Crippen LogP) is 2.20. The van der Waals surface area contributed by atoms with Crippen LogP contribution in [-0.2, 0) is 11.2 Å². The van der Waals surface area contributed by atoms with E-state index in [1.165, 1.54) is 0 Å². The summed E-state index contributed by atoms with van der Waals surface area (Å²) in [6.07, 6.45) is 2.07. The number of amides is 2. The number of rotatable bonds is 3. The molecule has 2 amide bonds. The summed E-state index contributed by atoms with van der Waals surface area (Å²) in [5.41, 5.74) is 1.50. The third-order valence-electron chi connectivity index (χ3n) is 3.99. The van der Waals surface area contributed by atoms with E-state index < -0.39 is 0 Å². The van der Waals surface area contributed by atoms with E-state index >= 15 is 0 Å². The number of H-pyrrole nitrogens is 1. The van der Waals surface area contributed by atoms with Crippen molar-refractivity contribution in [1.29, 1.82) is 0 Å². The third-order valence-corrected chi connectivity index (χ3v) is 4.23. The Morgan fingerprint density at radius 2 is 1.78 bits per heavy atom. The molecule has 6 heteroatoms. The first-order valence-electron chi connectivity index (χ1n) is 7.58. The molecule has 1 aromatic heterocycles. The van der Waals surface area contributed by atoms with Crippen molar-refractivity contribution < 1.29 is 9.59 Å². The zero-order valence-electron chi connectivity index (χ0n) is 12.7. The minimum absolute atomic E-state index is 0.0167. The number of hydrogen-bond acceptors (Lipinski definition) is 2. The molecule has 0 saturated carbocycles. The summed E-state index contributed by atoms with van der Waals surface area (Å²) in [7, 11) is 0. The van der Waals surface area contributed by atoms with Crippen LogP contribution in [0, 0.1) is 0 Å². The minimum atomic E-state index is -0.0167. The van der Waals surface area contributed by atoms with Crippen LogP contribution in [0.2, 0.25) is 5.02 Å². The van der Waals surface area contributed by atoms with Crippen LogP contribution in [0.1, 0.15) is 16.1 Å². The Morgan fingerprint density at radius 3 is 2.43 bits per heavy atom. The topological polar surface area (TPSA) is 56.4 Å². The van der Waals surface area contributed by atoms with Gasteiger partial charge in [0.25, 0.3) is 5.91 Å². The number of piperazine rings is 1. The van der Waals surface area contributed by atoms with Crippen molar-refractivity contribution in [3.8, 4) is 0 Å². The maximum atomic E-state index is 12.4. The minimum Gasteiger partial charge on any atom is -0.357 e. The fourth-order valence-corrected chi connectivity index (χ4v) is 2.94. The molecular formula is C17H18ClN3O2. The van der Waals surface area contributed by atoms with Gasteiger partial charge in [0.05, 0.1) is 6.42 Å². The molecule has 1 aliphatic heterocycles. The van der Waals surface area contributed by atoms with E-state index in [2.05, 4.69) is 4.98 Å². The zero-order valence-corrected chi connectivity index (χ0v) is 13.4. The van der Waals surface area contributed by atoms with Crippen molar-refractivity contribution in [1.82, 2.24) is 14.8 Å². The Bertz CT molecular complexity index is 692. The maximum absolute atomic E-state index is 12.4. The lowest BCUT2D eigenvalue weighted by atomic mass is 10.1. The molecule has 1 aliphatic rings. The summed E-state index contributed by atoms with van der Waals surface area (Å²) in [4.78, 5) is 31.1. The normalized spacial score (nSPS) is 14.8. The first kappa shape index (κ1) is 15.6. The largest absolute Gasteiger partial charge is 0.357 e. The molecule has 1 N–H and O–H groups in total. The molecular weight excluding hydrogens is 314 g/mol. The van der Waals surface area contributed by atoms with Gasteiger partial charge in [0.1, 0.15) is 5.69 Å². The molecule has 0 spiro atoms. The third kappa shape index (κ3) is 3.74. The Kier molecular flexibility index (Phi) is 4.67. The second-order valence-corrected chi connectivity index (χ2v) is 6.00. The van der Waals surface area contributed by atoms with Gasteiger partial charge in [-0.15, -0.1) is 0 Å². The van der Waals surface area contributed by atoms with Gasteiger partial charge in [-0.1, -0.05) is 23.7 Å². The predicted molar refractivity (Wildman–Crippen MR) is 88.4 cm³/mol. The maximum Gasteiger partial charge on any atom is 0.270 e. The lowest BCUT2D eigenvalue weighted by molar-refractivity contribution is -0.131. The standard InChI is InChI=1S/C17H18ClN3O2/c18-14-4-1-3-13(11-14)12-16(22)20-7-9-21(10-8-20)17(23)15-5-2-6-19-15/h1-6,11,19H,7-10,12H2. The SMILES string of the molecule is O=C(Cc1cccc(Cl)c1)N1CCN(C(=O)c2ccc[nH]2)CC1. The molecule has 0 atom stereocenters. The van der Waals surface area contributed by atoms with Gasteiger partial charge in [-0.05, 0) is 29.8 Å². The second-order valence-electron chi connectivity index (χ2n) is 5.56. The van der Waals surface area contributed by atoms with E-state index in [0.717, 1.165) is 5.56 Å². The van der Waals surface area contributed by atoms with Gasteiger partial charge in [-0.2, -0.15) is 0 Å². The smallest absolute Gasteiger partial charge is 0.270 e. The molecule has 2 aromatic rings. The molecule has 3 rings (SSSR count). The van der Waals surface area contributed by atoms with E-state index in [9.17, 15) is 9.59 Å². The summed E-state index contributed by atoms with van der Waals surface area (Å²) < 4.78 is 0. The van der Waals surface area contributed by atoms with Crippen LogP contribution in [0.5, 0.6) is 0 Å². The van der Waals surface area contributed by atoms with Gasteiger partial charge < -0.3 is 14.8 Å². The lowest BCUT2D eigenvalue weighted by Gasteiger charge is -2.34. The Morgan fingerprint density at radius 1 is 1.04 bits per heavy atom. The second kappa shape index (κ2) is 6.87. The molecule has 120 valence electrons. The lowest BCUT2D eigenvalue weighted by Crippen LogP contribution is -2.51. The summed E-state index contributed by atoms with van der Waals surface area (Å²) in [6, 6.07) is 10.9. The van der Waals surface area contributed by atoms with Crippen LogP contribution < -0.4 is 0 Å². The highest BCUT2D eigenvalue weighted by Crippen LogP contribution is 2.13. The Balaban J connectivity index is 1.54. The number of aromatic amines is 1. The molecule has 1 saturated heterocycles. The number of benzene rings is 1. The first-order chi connectivity index (χ1) is 11.1. The van der Waals surface area contributed by atoms with Crippen LogP contribution in [0.4, 0.5) is 0 Å². The summed E-state index contributed by atoms with van der Waals surface area (Å²) in [5.74, 6) is 0.0520. The number of nitrogens with zero attached hydrogens (tertiary/aromatic N) is 2. The number of carbonyl (C=O) groups is 2. The average Bonchev–Trinajstić information content (AvgIpc) is 3.09. The number of carbonyl (C=O) groups excluding carboxylic acids is 2. The van der Waals surface area contributed by atoms with Crippen LogP contribution in [-0.4, -0.2) is 52.8 Å². The van der Waals surface area contributed by atoms with Crippen molar-refractivity contribution in [3.63, 3.8) is 0 Å². The van der Waals surface area contributed by atoms with E-state index in [4.69, 9.17) is 11.6 Å². The molecule has 0 aliphatic carbocycles. The van der Waals surface area contributed by atoms with Gasteiger partial charge in [-0.3, -0.25) is 9.59 Å². The Hall–Kier alpha value is -2.27. The van der Waals surface area contributed by atoms with Gasteiger partial charge >= 0.3 is 0 Å². The molecule has 0 unspecified atom stereocenters. The van der Waals surface area contributed by atoms with Crippen molar-refractivity contribution >= 4 is 23.4 Å². The summed E-state index contributed by atoms with van der Waals surface area (Å²) in [5, 5.41) is 0.636. The highest BCUT2D eigenvalue weighted by atomic mass is 35.5. The highest BCUT2D eigenvalue weighted by molar-refractivity contribution is 6.30. The zero-order chi connectivity index (χ0) is 16.2. The van der Waals surface area contributed by atoms with Crippen molar-refractivity contribution in [3.05, 3.63) is 58.9 Å². The van der Waals surface area contributed by atoms with Crippen LogP contribution >= 0.6 is 11.6 Å². The van der Waals surface area contributed by atoms with Crippen LogP contribution in [0.25, 0.3) is 0 Å². The molecule has 1 fully saturated rings. The quantitative estimate of drug-likeness (QED) is 0.937. The molecule has 2 heterocycles. The Labute approximate surface area is 139 Å². The molecule has 23 heavy (non-hydrogen) atoms. The van der Waals surface area contributed by atoms with Gasteiger partial charge in [-0.25, -0.2) is 0 Å². The number of halogens is 1. The van der Waals surface area contributed by atoms with Crippen LogP contribution in [0.3, 0.4) is 0 Å². The van der Waals surface area contributed by atoms with Crippen molar-refractivity contribution in [2.45, 2.75) is 6.42 Å². The average molecular weight is 332 g/mol. The molecule has 5 nitrogen and oxygen atoms in total. The first-order valence-corrected chi connectivity index (χ1v) is 7.96. The number of nitrogens with one attached hydrogen (secondary N) is 1. The van der Waals surface area contributed by atoms with Gasteiger partial charge in [0.15, 0.2) is 0 Å². The summed E-state index contributed by atoms with van der Waals surface area (Å²) >= 11 is 5.94. The fraction of sp³-hybridized carbons (Fsp3) is 0.294. The highest BCUT2D eigenvalue weighted by Gasteiger charge is 2.25. The molecule has 1 aromatic carbocycles. The van der Waals surface area contributed by atoms with Crippen LogP contribution in [0.15, 0.2) is 42.6 Å². The monoisotopic (exact) mass is 331 g/mol.